The van der Waals surface area contributed by atoms with Gasteiger partial charge in [0.05, 0.1) is 5.41 Å². The summed E-state index contributed by atoms with van der Waals surface area (Å²) in [6.07, 6.45) is 6.93. The lowest BCUT2D eigenvalue weighted by atomic mass is 9.79. The van der Waals surface area contributed by atoms with Crippen molar-refractivity contribution in [2.24, 2.45) is 5.41 Å². The lowest BCUT2D eigenvalue weighted by molar-refractivity contribution is -0.139. The molecule has 2 saturated heterocycles. The minimum atomic E-state index is -0.284. The van der Waals surface area contributed by atoms with Gasteiger partial charge in [0.2, 0.25) is 11.8 Å². The van der Waals surface area contributed by atoms with Crippen LogP contribution in [-0.4, -0.2) is 59.4 Å². The topological polar surface area (TPSA) is 62.7 Å². The monoisotopic (exact) mass is 345 g/mol. The predicted octanol–water partition coefficient (Wildman–Crippen LogP) is 1.85. The van der Waals surface area contributed by atoms with Gasteiger partial charge in [-0.25, -0.2) is 0 Å². The molecule has 1 atom stereocenters. The number of aromatic nitrogens is 1. The van der Waals surface area contributed by atoms with Crippen LogP contribution in [0.15, 0.2) is 24.5 Å². The molecule has 2 aliphatic heterocycles. The lowest BCUT2D eigenvalue weighted by Gasteiger charge is -2.27. The van der Waals surface area contributed by atoms with Crippen molar-refractivity contribution in [2.75, 3.05) is 32.8 Å². The molecule has 0 unspecified atom stereocenters. The van der Waals surface area contributed by atoms with Crippen molar-refractivity contribution in [1.29, 1.82) is 0 Å². The van der Waals surface area contributed by atoms with Crippen molar-refractivity contribution in [2.45, 2.75) is 39.2 Å². The summed E-state index contributed by atoms with van der Waals surface area (Å²) in [5, 5.41) is 0. The number of nitrogens with zero attached hydrogens (tertiary/aromatic N) is 3. The fourth-order valence-corrected chi connectivity index (χ4v) is 3.94. The molecule has 0 saturated carbocycles. The molecule has 2 amide bonds. The van der Waals surface area contributed by atoms with E-state index >= 15 is 0 Å². The Hall–Kier alpha value is -1.95. The Morgan fingerprint density at radius 1 is 1.20 bits per heavy atom. The zero-order valence-corrected chi connectivity index (χ0v) is 14.9. The van der Waals surface area contributed by atoms with Gasteiger partial charge in [0.15, 0.2) is 0 Å². The second-order valence-corrected chi connectivity index (χ2v) is 6.98. The van der Waals surface area contributed by atoms with E-state index in [1.165, 1.54) is 0 Å². The number of ether oxygens (including phenoxy) is 1. The zero-order valence-electron chi connectivity index (χ0n) is 14.9. The molecule has 6 nitrogen and oxygen atoms in total. The molecule has 1 aromatic heterocycles. The van der Waals surface area contributed by atoms with E-state index in [0.29, 0.717) is 19.7 Å². The van der Waals surface area contributed by atoms with E-state index in [2.05, 4.69) is 4.98 Å². The number of hydrogen-bond acceptors (Lipinski definition) is 4. The van der Waals surface area contributed by atoms with Gasteiger partial charge < -0.3 is 14.5 Å². The Labute approximate surface area is 149 Å². The van der Waals surface area contributed by atoms with Gasteiger partial charge >= 0.3 is 0 Å². The van der Waals surface area contributed by atoms with E-state index in [9.17, 15) is 9.59 Å². The molecule has 0 radical (unpaired) electrons. The molecule has 1 aromatic rings. The predicted molar refractivity (Wildman–Crippen MR) is 93.6 cm³/mol. The van der Waals surface area contributed by atoms with Crippen LogP contribution in [0.3, 0.4) is 0 Å². The number of carbonyl (C=O) groups excluding carboxylic acids is 2. The molecule has 3 rings (SSSR count). The first-order valence-electron chi connectivity index (χ1n) is 9.18. The molecule has 0 N–H and O–H groups in total. The highest BCUT2D eigenvalue weighted by molar-refractivity contribution is 5.85. The maximum Gasteiger partial charge on any atom is 0.248 e. The molecule has 0 bridgehead atoms. The van der Waals surface area contributed by atoms with Gasteiger partial charge in [-0.15, -0.1) is 0 Å². The molecule has 0 aliphatic carbocycles. The van der Waals surface area contributed by atoms with E-state index in [-0.39, 0.29) is 23.8 Å². The van der Waals surface area contributed by atoms with Crippen LogP contribution in [0.5, 0.6) is 0 Å². The van der Waals surface area contributed by atoms with Crippen LogP contribution < -0.4 is 0 Å². The molecule has 6 heteroatoms. The highest BCUT2D eigenvalue weighted by atomic mass is 16.5. The van der Waals surface area contributed by atoms with Crippen molar-refractivity contribution in [1.82, 2.24) is 14.8 Å². The quantitative estimate of drug-likeness (QED) is 0.817. The van der Waals surface area contributed by atoms with Gasteiger partial charge in [0, 0.05) is 45.2 Å². The van der Waals surface area contributed by atoms with E-state index in [1.54, 1.807) is 12.4 Å². The Morgan fingerprint density at radius 2 is 1.96 bits per heavy atom. The third-order valence-corrected chi connectivity index (χ3v) is 5.45. The number of rotatable bonds is 5. The molecule has 136 valence electrons. The summed E-state index contributed by atoms with van der Waals surface area (Å²) < 4.78 is 5.24. The van der Waals surface area contributed by atoms with E-state index < -0.39 is 0 Å². The average molecular weight is 345 g/mol. The molecule has 25 heavy (non-hydrogen) atoms. The molecular formula is C19H27N3O3. The van der Waals surface area contributed by atoms with E-state index in [4.69, 9.17) is 4.74 Å². The fraction of sp³-hybridized carbons (Fsp3) is 0.632. The minimum Gasteiger partial charge on any atom is -0.372 e. The van der Waals surface area contributed by atoms with E-state index in [0.717, 1.165) is 44.3 Å². The molecule has 1 spiro atoms. The van der Waals surface area contributed by atoms with Gasteiger partial charge in [-0.2, -0.15) is 0 Å². The van der Waals surface area contributed by atoms with Crippen LogP contribution in [-0.2, 0) is 20.9 Å². The van der Waals surface area contributed by atoms with Crippen LogP contribution in [0.25, 0.3) is 0 Å². The molecule has 3 heterocycles. The second kappa shape index (κ2) is 7.95. The fourth-order valence-electron chi connectivity index (χ4n) is 3.94. The number of hydrogen-bond donors (Lipinski definition) is 0. The highest BCUT2D eigenvalue weighted by Crippen LogP contribution is 2.42. The summed E-state index contributed by atoms with van der Waals surface area (Å²) in [6, 6.07) is 3.92. The van der Waals surface area contributed by atoms with Gasteiger partial charge in [0.1, 0.15) is 6.61 Å². The van der Waals surface area contributed by atoms with E-state index in [1.807, 2.05) is 28.9 Å². The minimum absolute atomic E-state index is 0.0398. The van der Waals surface area contributed by atoms with Crippen molar-refractivity contribution in [3.63, 3.8) is 0 Å². The standard InChI is InChI=1S/C19H27N3O3/c1-2-25-15-17(23)21-11-3-6-19(7-12-21)8-13-22(18(19)24)14-16-4-9-20-10-5-16/h4-5,9-10H,2-3,6-8,11-15H2,1H3/t19-/m1/s1. The third-order valence-electron chi connectivity index (χ3n) is 5.45. The van der Waals surface area contributed by atoms with Crippen molar-refractivity contribution in [3.8, 4) is 0 Å². The molecule has 2 aliphatic rings. The first-order chi connectivity index (χ1) is 12.1. The number of likely N-dealkylation sites (tertiary alicyclic amines) is 2. The van der Waals surface area contributed by atoms with Crippen LogP contribution in [0.4, 0.5) is 0 Å². The molecule has 0 aromatic carbocycles. The smallest absolute Gasteiger partial charge is 0.248 e. The maximum absolute atomic E-state index is 13.1. The first-order valence-corrected chi connectivity index (χ1v) is 9.18. The molecular weight excluding hydrogens is 318 g/mol. The Morgan fingerprint density at radius 3 is 2.72 bits per heavy atom. The first kappa shape index (κ1) is 17.9. The number of pyridine rings is 1. The SMILES string of the molecule is CCOCC(=O)N1CCC[C@@]2(CC1)CCN(Cc1ccncc1)C2=O. The van der Waals surface area contributed by atoms with Crippen molar-refractivity contribution >= 4 is 11.8 Å². The van der Waals surface area contributed by atoms with Crippen LogP contribution >= 0.6 is 0 Å². The summed E-state index contributed by atoms with van der Waals surface area (Å²) in [7, 11) is 0. The number of amides is 2. The summed E-state index contributed by atoms with van der Waals surface area (Å²) in [6.45, 7) is 5.41. The lowest BCUT2D eigenvalue weighted by Crippen LogP contribution is -2.37. The summed E-state index contributed by atoms with van der Waals surface area (Å²) in [5.74, 6) is 0.293. The maximum atomic E-state index is 13.1. The second-order valence-electron chi connectivity index (χ2n) is 6.98. The van der Waals surface area contributed by atoms with Gasteiger partial charge in [-0.05, 0) is 50.3 Å². The molecule has 2 fully saturated rings. The van der Waals surface area contributed by atoms with Crippen LogP contribution in [0.2, 0.25) is 0 Å². The largest absolute Gasteiger partial charge is 0.372 e. The van der Waals surface area contributed by atoms with Crippen LogP contribution in [0.1, 0.15) is 38.2 Å². The average Bonchev–Trinajstić information content (AvgIpc) is 2.82. The summed E-state index contributed by atoms with van der Waals surface area (Å²) in [4.78, 5) is 33.1. The Bertz CT molecular complexity index is 607. The zero-order chi connectivity index (χ0) is 17.7. The third kappa shape index (κ3) is 4.00. The summed E-state index contributed by atoms with van der Waals surface area (Å²) >= 11 is 0. The summed E-state index contributed by atoms with van der Waals surface area (Å²) in [5.41, 5.74) is 0.829. The highest BCUT2D eigenvalue weighted by Gasteiger charge is 2.47. The van der Waals surface area contributed by atoms with Crippen LogP contribution in [0, 0.1) is 5.41 Å². The number of carbonyl (C=O) groups is 2. The van der Waals surface area contributed by atoms with Crippen molar-refractivity contribution < 1.29 is 14.3 Å². The van der Waals surface area contributed by atoms with Gasteiger partial charge in [0.25, 0.3) is 0 Å². The Balaban J connectivity index is 1.61. The Kier molecular flexibility index (Phi) is 5.68. The van der Waals surface area contributed by atoms with Gasteiger partial charge in [-0.1, -0.05) is 0 Å². The van der Waals surface area contributed by atoms with Gasteiger partial charge in [-0.3, -0.25) is 14.6 Å². The van der Waals surface area contributed by atoms with Crippen molar-refractivity contribution in [3.05, 3.63) is 30.1 Å². The normalized spacial score (nSPS) is 24.0.